The van der Waals surface area contributed by atoms with Crippen LogP contribution >= 0.6 is 0 Å². The van der Waals surface area contributed by atoms with Gasteiger partial charge in [-0.1, -0.05) is 5.11 Å². The molecule has 7 heteroatoms. The van der Waals surface area contributed by atoms with Crippen LogP contribution in [0.5, 0.6) is 0 Å². The molecule has 1 aliphatic rings. The molecule has 1 aliphatic heterocycles. The number of nitrogens with zero attached hydrogens (tertiary/aromatic N) is 4. The van der Waals surface area contributed by atoms with Crippen molar-refractivity contribution in [2.75, 3.05) is 25.0 Å². The lowest BCUT2D eigenvalue weighted by Gasteiger charge is -2.19. The van der Waals surface area contributed by atoms with E-state index in [9.17, 15) is 9.59 Å². The van der Waals surface area contributed by atoms with Crippen molar-refractivity contribution in [3.05, 3.63) is 39.8 Å². The fourth-order valence-electron chi connectivity index (χ4n) is 2.53. The van der Waals surface area contributed by atoms with Crippen molar-refractivity contribution in [2.24, 2.45) is 11.0 Å². The van der Waals surface area contributed by atoms with E-state index in [0.717, 1.165) is 11.3 Å². The average molecular weight is 287 g/mol. The van der Waals surface area contributed by atoms with Crippen LogP contribution in [-0.2, 0) is 4.79 Å². The second-order valence-corrected chi connectivity index (χ2v) is 5.07. The quantitative estimate of drug-likeness (QED) is 0.520. The Morgan fingerprint density at radius 2 is 2.33 bits per heavy atom. The molecule has 0 aromatic heterocycles. The monoisotopic (exact) mass is 287 g/mol. The lowest BCUT2D eigenvalue weighted by Crippen LogP contribution is -2.26. The Morgan fingerprint density at radius 3 is 2.95 bits per heavy atom. The normalized spacial score (nSPS) is 17.5. The zero-order chi connectivity index (χ0) is 15.4. The fraction of sp³-hybridized carbons (Fsp3) is 0.429. The Labute approximate surface area is 122 Å². The zero-order valence-electron chi connectivity index (χ0n) is 12.0. The molecule has 110 valence electrons. The minimum Gasteiger partial charge on any atom is -0.355 e. The third kappa shape index (κ3) is 3.14. The minimum atomic E-state index is -0.154. The van der Waals surface area contributed by atoms with Crippen LogP contribution in [0.3, 0.4) is 0 Å². The van der Waals surface area contributed by atoms with Crippen molar-refractivity contribution in [1.82, 2.24) is 5.32 Å². The number of hydrogen-bond acceptors (Lipinski definition) is 3. The number of amides is 2. The van der Waals surface area contributed by atoms with Gasteiger partial charge in [0, 0.05) is 42.7 Å². The molecule has 0 bridgehead atoms. The summed E-state index contributed by atoms with van der Waals surface area (Å²) in [5, 5.41) is 6.11. The van der Waals surface area contributed by atoms with Crippen LogP contribution in [0.4, 0.5) is 5.69 Å². The molecule has 2 amide bonds. The molecule has 1 unspecified atom stereocenters. The van der Waals surface area contributed by atoms with E-state index in [1.54, 1.807) is 30.1 Å². The topological polar surface area (TPSA) is 98.2 Å². The van der Waals surface area contributed by atoms with Crippen molar-refractivity contribution in [3.63, 3.8) is 0 Å². The van der Waals surface area contributed by atoms with Crippen LogP contribution < -0.4 is 10.2 Å². The van der Waals surface area contributed by atoms with E-state index in [2.05, 4.69) is 15.3 Å². The summed E-state index contributed by atoms with van der Waals surface area (Å²) in [5.74, 6) is -0.0889. The Balaban J connectivity index is 2.20. The van der Waals surface area contributed by atoms with Gasteiger partial charge in [0.15, 0.2) is 0 Å². The highest BCUT2D eigenvalue weighted by Crippen LogP contribution is 2.28. The van der Waals surface area contributed by atoms with Crippen LogP contribution in [0.1, 0.15) is 22.3 Å². The summed E-state index contributed by atoms with van der Waals surface area (Å²) in [4.78, 5) is 28.1. The SMILES string of the molecule is CNC(=O)c1ccc(N2CC(CN=[N+]=[N-])CC2=O)c(C)c1. The number of benzene rings is 1. The highest BCUT2D eigenvalue weighted by atomic mass is 16.2. The van der Waals surface area contributed by atoms with Gasteiger partial charge in [0.25, 0.3) is 5.91 Å². The maximum absolute atomic E-state index is 12.1. The van der Waals surface area contributed by atoms with Crippen molar-refractivity contribution >= 4 is 17.5 Å². The van der Waals surface area contributed by atoms with Crippen LogP contribution in [0.25, 0.3) is 10.4 Å². The molecule has 21 heavy (non-hydrogen) atoms. The molecular formula is C14H17N5O2. The first-order chi connectivity index (χ1) is 10.1. The maximum atomic E-state index is 12.1. The number of carbonyl (C=O) groups is 2. The summed E-state index contributed by atoms with van der Waals surface area (Å²) >= 11 is 0. The molecule has 0 radical (unpaired) electrons. The smallest absolute Gasteiger partial charge is 0.251 e. The molecule has 0 saturated carbocycles. The summed E-state index contributed by atoms with van der Waals surface area (Å²) < 4.78 is 0. The van der Waals surface area contributed by atoms with Crippen molar-refractivity contribution in [3.8, 4) is 0 Å². The summed E-state index contributed by atoms with van der Waals surface area (Å²) in [5.41, 5.74) is 10.6. The first-order valence-electron chi connectivity index (χ1n) is 6.70. The summed E-state index contributed by atoms with van der Waals surface area (Å²) in [6.07, 6.45) is 0.385. The Morgan fingerprint density at radius 1 is 1.57 bits per heavy atom. The van der Waals surface area contributed by atoms with Crippen LogP contribution in [0.2, 0.25) is 0 Å². The lowest BCUT2D eigenvalue weighted by molar-refractivity contribution is -0.117. The second-order valence-electron chi connectivity index (χ2n) is 5.07. The Bertz CT molecular complexity index is 622. The van der Waals surface area contributed by atoms with E-state index in [4.69, 9.17) is 5.53 Å². The first kappa shape index (κ1) is 14.9. The van der Waals surface area contributed by atoms with Gasteiger partial charge >= 0.3 is 0 Å². The number of azide groups is 1. The predicted octanol–water partition coefficient (Wildman–Crippen LogP) is 2.02. The van der Waals surface area contributed by atoms with E-state index < -0.39 is 0 Å². The molecule has 1 aromatic carbocycles. The van der Waals surface area contributed by atoms with Crippen LogP contribution in [0.15, 0.2) is 23.3 Å². The van der Waals surface area contributed by atoms with E-state index in [1.807, 2.05) is 6.92 Å². The number of anilines is 1. The first-order valence-corrected chi connectivity index (χ1v) is 6.70. The maximum Gasteiger partial charge on any atom is 0.251 e. The number of hydrogen-bond donors (Lipinski definition) is 1. The van der Waals surface area contributed by atoms with Crippen LogP contribution in [-0.4, -0.2) is 32.0 Å². The van der Waals surface area contributed by atoms with Gasteiger partial charge in [-0.05, 0) is 42.1 Å². The molecule has 0 spiro atoms. The fourth-order valence-corrected chi connectivity index (χ4v) is 2.53. The molecule has 1 aromatic rings. The number of nitrogens with one attached hydrogen (secondary N) is 1. The summed E-state index contributed by atoms with van der Waals surface area (Å²) in [6.45, 7) is 2.74. The van der Waals surface area contributed by atoms with Gasteiger partial charge in [-0.15, -0.1) is 0 Å². The van der Waals surface area contributed by atoms with E-state index in [0.29, 0.717) is 25.1 Å². The van der Waals surface area contributed by atoms with Crippen molar-refractivity contribution in [2.45, 2.75) is 13.3 Å². The van der Waals surface area contributed by atoms with Crippen molar-refractivity contribution < 1.29 is 9.59 Å². The molecule has 1 heterocycles. The van der Waals surface area contributed by atoms with Crippen LogP contribution in [0, 0.1) is 12.8 Å². The molecule has 0 aliphatic carbocycles. The van der Waals surface area contributed by atoms with Gasteiger partial charge in [-0.2, -0.15) is 0 Å². The molecule has 1 saturated heterocycles. The molecular weight excluding hydrogens is 270 g/mol. The van der Waals surface area contributed by atoms with Gasteiger partial charge in [0.05, 0.1) is 0 Å². The van der Waals surface area contributed by atoms with Gasteiger partial charge in [0.1, 0.15) is 0 Å². The summed E-state index contributed by atoms with van der Waals surface area (Å²) in [6, 6.07) is 5.26. The predicted molar refractivity (Wildman–Crippen MR) is 79.0 cm³/mol. The zero-order valence-corrected chi connectivity index (χ0v) is 12.0. The number of carbonyl (C=O) groups excluding carboxylic acids is 2. The lowest BCUT2D eigenvalue weighted by atomic mass is 10.1. The van der Waals surface area contributed by atoms with Gasteiger partial charge in [0.2, 0.25) is 5.91 Å². The highest BCUT2D eigenvalue weighted by Gasteiger charge is 2.30. The standard InChI is InChI=1S/C14H17N5O2/c1-9-5-11(14(21)16-2)3-4-12(9)19-8-10(6-13(19)20)7-17-18-15/h3-5,10H,6-8H2,1-2H3,(H,16,21). The van der Waals surface area contributed by atoms with E-state index in [1.165, 1.54) is 0 Å². The molecule has 7 nitrogen and oxygen atoms in total. The molecule has 1 N–H and O–H groups in total. The molecule has 2 rings (SSSR count). The van der Waals surface area contributed by atoms with Crippen molar-refractivity contribution in [1.29, 1.82) is 0 Å². The number of aryl methyl sites for hydroxylation is 1. The van der Waals surface area contributed by atoms with E-state index >= 15 is 0 Å². The third-order valence-corrected chi connectivity index (χ3v) is 3.59. The largest absolute Gasteiger partial charge is 0.355 e. The van der Waals surface area contributed by atoms with Gasteiger partial charge in [-0.3, -0.25) is 9.59 Å². The van der Waals surface area contributed by atoms with E-state index in [-0.39, 0.29) is 17.7 Å². The van der Waals surface area contributed by atoms with Gasteiger partial charge < -0.3 is 10.2 Å². The highest BCUT2D eigenvalue weighted by molar-refractivity contribution is 5.98. The minimum absolute atomic E-state index is 0.0175. The third-order valence-electron chi connectivity index (χ3n) is 3.59. The van der Waals surface area contributed by atoms with Gasteiger partial charge in [-0.25, -0.2) is 0 Å². The average Bonchev–Trinajstić information content (AvgIpc) is 2.85. The second kappa shape index (κ2) is 6.28. The number of rotatable bonds is 4. The Hall–Kier alpha value is -2.53. The Kier molecular flexibility index (Phi) is 4.45. The molecule has 1 atom stereocenters. The molecule has 1 fully saturated rings. The summed E-state index contributed by atoms with van der Waals surface area (Å²) in [7, 11) is 1.58.